The van der Waals surface area contributed by atoms with Crippen molar-refractivity contribution in [3.8, 4) is 5.75 Å². The summed E-state index contributed by atoms with van der Waals surface area (Å²) in [5, 5.41) is 3.16. The Kier molecular flexibility index (Phi) is 2.98. The highest BCUT2D eigenvalue weighted by Gasteiger charge is 2.32. The topological polar surface area (TPSA) is 21.3 Å². The lowest BCUT2D eigenvalue weighted by molar-refractivity contribution is 0.189. The fraction of sp³-hybridized carbons (Fsp3) is 0.455. The minimum atomic E-state index is -0.241. The summed E-state index contributed by atoms with van der Waals surface area (Å²) < 4.78 is 19.6. The summed E-state index contributed by atoms with van der Waals surface area (Å²) >= 11 is 3.16. The molecular weight excluding hydrogens is 261 g/mol. The molecule has 1 aliphatic heterocycles. The van der Waals surface area contributed by atoms with Gasteiger partial charge in [0.1, 0.15) is 17.7 Å². The molecule has 82 valence electrons. The lowest BCUT2D eigenvalue weighted by atomic mass is 10.0. The number of benzene rings is 1. The van der Waals surface area contributed by atoms with E-state index in [-0.39, 0.29) is 18.0 Å². The molecule has 2 unspecified atom stereocenters. The lowest BCUT2D eigenvalue weighted by Crippen LogP contribution is -2.27. The summed E-state index contributed by atoms with van der Waals surface area (Å²) in [6.45, 7) is 2.06. The number of rotatable bonds is 2. The first-order valence-electron chi connectivity index (χ1n) is 5.00. The summed E-state index contributed by atoms with van der Waals surface area (Å²) in [7, 11) is 1.87. The number of fused-ring (bicyclic) bond motifs is 1. The number of nitrogens with one attached hydrogen (secondary N) is 1. The summed E-state index contributed by atoms with van der Waals surface area (Å²) in [6.07, 6.45) is 0.998. The van der Waals surface area contributed by atoms with E-state index < -0.39 is 0 Å². The Bertz CT molecular complexity index is 383. The second-order valence-corrected chi connectivity index (χ2v) is 4.49. The van der Waals surface area contributed by atoms with Gasteiger partial charge in [0.15, 0.2) is 0 Å². The van der Waals surface area contributed by atoms with Crippen molar-refractivity contribution in [1.29, 1.82) is 0 Å². The third-order valence-electron chi connectivity index (χ3n) is 2.75. The SMILES string of the molecule is CCC1Oc2cc(Br)c(F)cc2C1NC. The standard InChI is InChI=1S/C11H13BrFNO/c1-3-9-11(14-2)6-4-8(13)7(12)5-10(6)15-9/h4-5,9,11,14H,3H2,1-2H3. The van der Waals surface area contributed by atoms with Gasteiger partial charge in [-0.15, -0.1) is 0 Å². The van der Waals surface area contributed by atoms with Crippen LogP contribution < -0.4 is 10.1 Å². The normalized spacial score (nSPS) is 23.7. The number of hydrogen-bond acceptors (Lipinski definition) is 2. The van der Waals surface area contributed by atoms with Crippen molar-refractivity contribution in [2.24, 2.45) is 0 Å². The molecule has 0 aromatic heterocycles. The van der Waals surface area contributed by atoms with Crippen LogP contribution in [0.3, 0.4) is 0 Å². The summed E-state index contributed by atoms with van der Waals surface area (Å²) in [4.78, 5) is 0. The predicted molar refractivity (Wildman–Crippen MR) is 60.6 cm³/mol. The highest BCUT2D eigenvalue weighted by molar-refractivity contribution is 9.10. The predicted octanol–water partition coefficient (Wildman–Crippen LogP) is 3.02. The molecule has 2 atom stereocenters. The number of halogens is 2. The van der Waals surface area contributed by atoms with Crippen molar-refractivity contribution >= 4 is 15.9 Å². The maximum absolute atomic E-state index is 13.4. The minimum absolute atomic E-state index is 0.0904. The van der Waals surface area contributed by atoms with Gasteiger partial charge in [0, 0.05) is 5.56 Å². The smallest absolute Gasteiger partial charge is 0.137 e. The van der Waals surface area contributed by atoms with Crippen LogP contribution in [0.15, 0.2) is 16.6 Å². The molecule has 4 heteroatoms. The largest absolute Gasteiger partial charge is 0.488 e. The van der Waals surface area contributed by atoms with Crippen LogP contribution in [0, 0.1) is 5.82 Å². The van der Waals surface area contributed by atoms with Crippen LogP contribution in [0.25, 0.3) is 0 Å². The van der Waals surface area contributed by atoms with E-state index in [1.54, 1.807) is 6.07 Å². The molecule has 2 rings (SSSR count). The molecule has 0 spiro atoms. The maximum Gasteiger partial charge on any atom is 0.137 e. The Hall–Kier alpha value is -0.610. The third kappa shape index (κ3) is 1.76. The van der Waals surface area contributed by atoms with Crippen LogP contribution in [-0.2, 0) is 0 Å². The first kappa shape index (κ1) is 10.9. The van der Waals surface area contributed by atoms with Crippen LogP contribution in [-0.4, -0.2) is 13.2 Å². The van der Waals surface area contributed by atoms with Gasteiger partial charge in [-0.1, -0.05) is 6.92 Å². The lowest BCUT2D eigenvalue weighted by Gasteiger charge is -2.16. The maximum atomic E-state index is 13.4. The molecule has 0 aliphatic carbocycles. The van der Waals surface area contributed by atoms with Gasteiger partial charge in [-0.3, -0.25) is 0 Å². The van der Waals surface area contributed by atoms with Crippen molar-refractivity contribution in [2.75, 3.05) is 7.05 Å². The van der Waals surface area contributed by atoms with Gasteiger partial charge < -0.3 is 10.1 Å². The summed E-state index contributed by atoms with van der Waals surface area (Å²) in [5.74, 6) is 0.531. The molecule has 2 nitrogen and oxygen atoms in total. The molecule has 1 N–H and O–H groups in total. The Balaban J connectivity index is 2.44. The quantitative estimate of drug-likeness (QED) is 0.895. The second-order valence-electron chi connectivity index (χ2n) is 3.64. The second kappa shape index (κ2) is 4.10. The summed E-state index contributed by atoms with van der Waals surface area (Å²) in [6, 6.07) is 3.33. The van der Waals surface area contributed by atoms with Crippen molar-refractivity contribution in [3.05, 3.63) is 28.0 Å². The molecule has 0 saturated carbocycles. The molecule has 0 amide bonds. The van der Waals surface area contributed by atoms with Gasteiger partial charge in [-0.2, -0.15) is 0 Å². The number of ether oxygens (including phenoxy) is 1. The van der Waals surface area contributed by atoms with Crippen LogP contribution in [0.4, 0.5) is 4.39 Å². The van der Waals surface area contributed by atoms with Gasteiger partial charge in [-0.25, -0.2) is 4.39 Å². The molecule has 15 heavy (non-hydrogen) atoms. The first-order chi connectivity index (χ1) is 7.17. The molecule has 0 radical (unpaired) electrons. The van der Waals surface area contributed by atoms with Gasteiger partial charge in [-0.05, 0) is 41.5 Å². The molecule has 1 heterocycles. The molecule has 0 fully saturated rings. The van der Waals surface area contributed by atoms with Crippen LogP contribution in [0.5, 0.6) is 5.75 Å². The molecule has 0 bridgehead atoms. The van der Waals surface area contributed by atoms with E-state index in [9.17, 15) is 4.39 Å². The highest BCUT2D eigenvalue weighted by Crippen LogP contribution is 2.40. The number of likely N-dealkylation sites (N-methyl/N-ethyl adjacent to an activating group) is 1. The third-order valence-corrected chi connectivity index (χ3v) is 3.36. The average Bonchev–Trinajstić information content (AvgIpc) is 2.56. The first-order valence-corrected chi connectivity index (χ1v) is 5.79. The Morgan fingerprint density at radius 2 is 2.27 bits per heavy atom. The molecule has 1 aliphatic rings. The van der Waals surface area contributed by atoms with Crippen molar-refractivity contribution in [1.82, 2.24) is 5.32 Å². The van der Waals surface area contributed by atoms with Gasteiger partial charge >= 0.3 is 0 Å². The number of hydrogen-bond donors (Lipinski definition) is 1. The van der Waals surface area contributed by atoms with Crippen LogP contribution in [0.2, 0.25) is 0 Å². The minimum Gasteiger partial charge on any atom is -0.488 e. The van der Waals surface area contributed by atoms with E-state index in [1.165, 1.54) is 6.07 Å². The fourth-order valence-electron chi connectivity index (χ4n) is 1.98. The van der Waals surface area contributed by atoms with Gasteiger partial charge in [0.2, 0.25) is 0 Å². The molecular formula is C11H13BrFNO. The zero-order valence-corrected chi connectivity index (χ0v) is 10.3. The van der Waals surface area contributed by atoms with E-state index in [4.69, 9.17) is 4.74 Å². The average molecular weight is 274 g/mol. The van der Waals surface area contributed by atoms with Crippen molar-refractivity contribution < 1.29 is 9.13 Å². The zero-order chi connectivity index (χ0) is 11.0. The Morgan fingerprint density at radius 3 is 2.87 bits per heavy atom. The van der Waals surface area contributed by atoms with Gasteiger partial charge in [0.05, 0.1) is 10.5 Å². The monoisotopic (exact) mass is 273 g/mol. The van der Waals surface area contributed by atoms with Gasteiger partial charge in [0.25, 0.3) is 0 Å². The zero-order valence-electron chi connectivity index (χ0n) is 8.68. The van der Waals surface area contributed by atoms with E-state index >= 15 is 0 Å². The Morgan fingerprint density at radius 1 is 1.53 bits per heavy atom. The summed E-state index contributed by atoms with van der Waals surface area (Å²) in [5.41, 5.74) is 0.907. The van der Waals surface area contributed by atoms with E-state index in [2.05, 4.69) is 28.2 Å². The van der Waals surface area contributed by atoms with E-state index in [0.29, 0.717) is 4.47 Å². The van der Waals surface area contributed by atoms with Crippen molar-refractivity contribution in [2.45, 2.75) is 25.5 Å². The Labute approximate surface area is 96.9 Å². The van der Waals surface area contributed by atoms with E-state index in [1.807, 2.05) is 7.05 Å². The molecule has 0 saturated heterocycles. The van der Waals surface area contributed by atoms with Crippen LogP contribution >= 0.6 is 15.9 Å². The van der Waals surface area contributed by atoms with Crippen LogP contribution in [0.1, 0.15) is 24.9 Å². The van der Waals surface area contributed by atoms with Crippen molar-refractivity contribution in [3.63, 3.8) is 0 Å². The molecule has 1 aromatic rings. The van der Waals surface area contributed by atoms with E-state index in [0.717, 1.165) is 17.7 Å². The molecule has 1 aromatic carbocycles. The highest BCUT2D eigenvalue weighted by atomic mass is 79.9. The fourth-order valence-corrected chi connectivity index (χ4v) is 2.30.